The van der Waals surface area contributed by atoms with Crippen LogP contribution in [0, 0.1) is 6.92 Å². The van der Waals surface area contributed by atoms with Gasteiger partial charge in [-0.05, 0) is 36.9 Å². The summed E-state index contributed by atoms with van der Waals surface area (Å²) in [4.78, 5) is 9.01. The molecular formula is C12H17N3S. The molecule has 86 valence electrons. The molecule has 0 aliphatic heterocycles. The lowest BCUT2D eigenvalue weighted by Gasteiger charge is -1.99. The van der Waals surface area contributed by atoms with Crippen molar-refractivity contribution in [3.63, 3.8) is 0 Å². The van der Waals surface area contributed by atoms with Gasteiger partial charge in [-0.2, -0.15) is 0 Å². The van der Waals surface area contributed by atoms with Crippen molar-refractivity contribution in [2.24, 2.45) is 0 Å². The topological polar surface area (TPSA) is 40.7 Å². The predicted molar refractivity (Wildman–Crippen MR) is 68.6 cm³/mol. The summed E-state index contributed by atoms with van der Waals surface area (Å²) < 4.78 is 0. The predicted octanol–water partition coefficient (Wildman–Crippen LogP) is 2.95. The molecule has 2 rings (SSSR count). The van der Waals surface area contributed by atoms with Crippen LogP contribution in [0.15, 0.2) is 17.6 Å². The van der Waals surface area contributed by atoms with Gasteiger partial charge in [-0.15, -0.1) is 11.3 Å². The van der Waals surface area contributed by atoms with E-state index in [4.69, 9.17) is 0 Å². The Morgan fingerprint density at radius 2 is 2.38 bits per heavy atom. The Bertz CT molecular complexity index is 445. The second-order valence-electron chi connectivity index (χ2n) is 3.85. The van der Waals surface area contributed by atoms with Crippen molar-refractivity contribution in [3.05, 3.63) is 29.0 Å². The first-order valence-corrected chi connectivity index (χ1v) is 6.48. The third-order valence-electron chi connectivity index (χ3n) is 2.45. The summed E-state index contributed by atoms with van der Waals surface area (Å²) in [5, 5.41) is 5.45. The molecular weight excluding hydrogens is 218 g/mol. The average Bonchev–Trinajstić information content (AvgIpc) is 2.87. The number of aromatic amines is 1. The van der Waals surface area contributed by atoms with E-state index in [1.807, 2.05) is 6.20 Å². The number of aryl methyl sites for hydroxylation is 1. The highest BCUT2D eigenvalue weighted by molar-refractivity contribution is 7.13. The minimum absolute atomic E-state index is 0.818. The molecule has 0 saturated carbocycles. The molecule has 2 N–H and O–H groups in total. The zero-order chi connectivity index (χ0) is 11.4. The summed E-state index contributed by atoms with van der Waals surface area (Å²) in [5.41, 5.74) is 2.43. The molecule has 0 unspecified atom stereocenters. The smallest absolute Gasteiger partial charge is 0.120 e. The molecule has 0 aliphatic rings. The van der Waals surface area contributed by atoms with Crippen LogP contribution in [0.1, 0.15) is 24.7 Å². The molecule has 0 atom stereocenters. The molecule has 0 saturated heterocycles. The fourth-order valence-corrected chi connectivity index (χ4v) is 2.49. The van der Waals surface area contributed by atoms with Gasteiger partial charge in [0.15, 0.2) is 0 Å². The van der Waals surface area contributed by atoms with E-state index in [0.717, 1.165) is 31.0 Å². The summed E-state index contributed by atoms with van der Waals surface area (Å²) in [6.45, 7) is 6.14. The molecule has 2 aromatic heterocycles. The second-order valence-corrected chi connectivity index (χ2v) is 4.77. The Morgan fingerprint density at radius 3 is 3.06 bits per heavy atom. The van der Waals surface area contributed by atoms with Gasteiger partial charge in [-0.25, -0.2) is 4.98 Å². The minimum atomic E-state index is 0.818. The molecule has 0 radical (unpaired) electrons. The minimum Gasteiger partial charge on any atom is -0.340 e. The molecule has 0 spiro atoms. The highest BCUT2D eigenvalue weighted by Gasteiger charge is 2.06. The van der Waals surface area contributed by atoms with Crippen LogP contribution in [0.4, 0.5) is 0 Å². The van der Waals surface area contributed by atoms with Crippen LogP contribution in [-0.2, 0) is 6.54 Å². The lowest BCUT2D eigenvalue weighted by molar-refractivity contribution is 0.655. The summed E-state index contributed by atoms with van der Waals surface area (Å²) in [7, 11) is 0. The Balaban J connectivity index is 2.05. The third kappa shape index (κ3) is 2.51. The maximum Gasteiger partial charge on any atom is 0.120 e. The molecule has 0 aliphatic carbocycles. The van der Waals surface area contributed by atoms with E-state index in [0.29, 0.717) is 0 Å². The molecule has 0 amide bonds. The molecule has 0 fully saturated rings. The SMILES string of the molecule is CCCNCc1ncc(-c2sccc2C)[nH]1. The second kappa shape index (κ2) is 5.27. The van der Waals surface area contributed by atoms with E-state index in [-0.39, 0.29) is 0 Å². The number of rotatable bonds is 5. The average molecular weight is 235 g/mol. The van der Waals surface area contributed by atoms with E-state index in [2.05, 4.69) is 40.6 Å². The Labute approximate surface area is 99.9 Å². The Hall–Kier alpha value is -1.13. The van der Waals surface area contributed by atoms with Crippen LogP contribution in [0.3, 0.4) is 0 Å². The maximum absolute atomic E-state index is 4.37. The van der Waals surface area contributed by atoms with Crippen LogP contribution in [0.2, 0.25) is 0 Å². The van der Waals surface area contributed by atoms with E-state index >= 15 is 0 Å². The summed E-state index contributed by atoms with van der Waals surface area (Å²) in [6, 6.07) is 2.13. The molecule has 0 aromatic carbocycles. The molecule has 0 bridgehead atoms. The quantitative estimate of drug-likeness (QED) is 0.782. The van der Waals surface area contributed by atoms with Crippen molar-refractivity contribution in [2.75, 3.05) is 6.54 Å². The standard InChI is InChI=1S/C12H17N3S/c1-3-5-13-8-11-14-7-10(15-11)12-9(2)4-6-16-12/h4,6-7,13H,3,5,8H2,1-2H3,(H,14,15). The van der Waals surface area contributed by atoms with Gasteiger partial charge >= 0.3 is 0 Å². The van der Waals surface area contributed by atoms with Gasteiger partial charge in [0.25, 0.3) is 0 Å². The number of aromatic nitrogens is 2. The van der Waals surface area contributed by atoms with Gasteiger partial charge in [0, 0.05) is 0 Å². The normalized spacial score (nSPS) is 10.9. The van der Waals surface area contributed by atoms with E-state index < -0.39 is 0 Å². The summed E-state index contributed by atoms with van der Waals surface area (Å²) in [5.74, 6) is 1.01. The van der Waals surface area contributed by atoms with Crippen LogP contribution < -0.4 is 5.32 Å². The van der Waals surface area contributed by atoms with Gasteiger partial charge < -0.3 is 10.3 Å². The van der Waals surface area contributed by atoms with Crippen molar-refractivity contribution in [2.45, 2.75) is 26.8 Å². The monoisotopic (exact) mass is 235 g/mol. The van der Waals surface area contributed by atoms with Crippen molar-refractivity contribution in [1.29, 1.82) is 0 Å². The molecule has 4 heteroatoms. The lowest BCUT2D eigenvalue weighted by Crippen LogP contribution is -2.14. The fraction of sp³-hybridized carbons (Fsp3) is 0.417. The number of hydrogen-bond donors (Lipinski definition) is 2. The van der Waals surface area contributed by atoms with Gasteiger partial charge in [0.2, 0.25) is 0 Å². The number of thiophene rings is 1. The van der Waals surface area contributed by atoms with Gasteiger partial charge in [0.05, 0.1) is 23.3 Å². The van der Waals surface area contributed by atoms with Gasteiger partial charge in [-0.1, -0.05) is 6.92 Å². The van der Waals surface area contributed by atoms with Crippen molar-refractivity contribution in [1.82, 2.24) is 15.3 Å². The number of H-pyrrole nitrogens is 1. The van der Waals surface area contributed by atoms with Crippen LogP contribution in [-0.4, -0.2) is 16.5 Å². The zero-order valence-corrected chi connectivity index (χ0v) is 10.5. The molecule has 2 heterocycles. The van der Waals surface area contributed by atoms with E-state index in [1.165, 1.54) is 10.4 Å². The summed E-state index contributed by atoms with van der Waals surface area (Å²) in [6.07, 6.45) is 3.07. The van der Waals surface area contributed by atoms with Crippen LogP contribution in [0.25, 0.3) is 10.6 Å². The van der Waals surface area contributed by atoms with Gasteiger partial charge in [-0.3, -0.25) is 0 Å². The number of nitrogens with zero attached hydrogens (tertiary/aromatic N) is 1. The maximum atomic E-state index is 4.37. The number of imidazole rings is 1. The molecule has 16 heavy (non-hydrogen) atoms. The highest BCUT2D eigenvalue weighted by atomic mass is 32.1. The first-order valence-electron chi connectivity index (χ1n) is 5.60. The number of hydrogen-bond acceptors (Lipinski definition) is 3. The zero-order valence-electron chi connectivity index (χ0n) is 9.71. The van der Waals surface area contributed by atoms with Crippen LogP contribution >= 0.6 is 11.3 Å². The molecule has 3 nitrogen and oxygen atoms in total. The van der Waals surface area contributed by atoms with Crippen molar-refractivity contribution in [3.8, 4) is 10.6 Å². The number of nitrogens with one attached hydrogen (secondary N) is 2. The Kier molecular flexibility index (Phi) is 3.74. The Morgan fingerprint density at radius 1 is 1.50 bits per heavy atom. The summed E-state index contributed by atoms with van der Waals surface area (Å²) >= 11 is 1.75. The first-order chi connectivity index (χ1) is 7.81. The highest BCUT2D eigenvalue weighted by Crippen LogP contribution is 2.27. The van der Waals surface area contributed by atoms with Gasteiger partial charge in [0.1, 0.15) is 5.82 Å². The van der Waals surface area contributed by atoms with Crippen molar-refractivity contribution < 1.29 is 0 Å². The van der Waals surface area contributed by atoms with E-state index in [1.54, 1.807) is 11.3 Å². The first kappa shape index (κ1) is 11.4. The van der Waals surface area contributed by atoms with E-state index in [9.17, 15) is 0 Å². The van der Waals surface area contributed by atoms with Crippen LogP contribution in [0.5, 0.6) is 0 Å². The third-order valence-corrected chi connectivity index (χ3v) is 3.50. The largest absolute Gasteiger partial charge is 0.340 e. The van der Waals surface area contributed by atoms with Crippen molar-refractivity contribution >= 4 is 11.3 Å². The molecule has 2 aromatic rings. The lowest BCUT2D eigenvalue weighted by atomic mass is 10.2. The fourth-order valence-electron chi connectivity index (χ4n) is 1.60.